The monoisotopic (exact) mass is 270 g/mol. The molecule has 102 valence electrons. The topological polar surface area (TPSA) is 114 Å². The number of nitro groups is 1. The standard InChI is InChI=1S/C10H10N2O7/c1-6(19-12(15)16)7-4-9-10(18-3-2-17-9)5-8(7)11(13)14/h4-6H,2-3H2,1H3. The number of nitro benzene ring substituents is 1. The van der Waals surface area contributed by atoms with Gasteiger partial charge in [-0.25, -0.2) is 0 Å². The Kier molecular flexibility index (Phi) is 3.36. The van der Waals surface area contributed by atoms with Gasteiger partial charge >= 0.3 is 0 Å². The van der Waals surface area contributed by atoms with Crippen LogP contribution < -0.4 is 9.47 Å². The lowest BCUT2D eigenvalue weighted by molar-refractivity contribution is -0.770. The average Bonchev–Trinajstić information content (AvgIpc) is 2.36. The van der Waals surface area contributed by atoms with Gasteiger partial charge in [-0.1, -0.05) is 0 Å². The Labute approximate surface area is 106 Å². The molecule has 1 aliphatic heterocycles. The third kappa shape index (κ3) is 2.64. The molecule has 19 heavy (non-hydrogen) atoms. The summed E-state index contributed by atoms with van der Waals surface area (Å²) in [4.78, 5) is 25.0. The molecule has 0 aromatic heterocycles. The fraction of sp³-hybridized carbons (Fsp3) is 0.400. The van der Waals surface area contributed by atoms with Crippen LogP contribution in [0.3, 0.4) is 0 Å². The Morgan fingerprint density at radius 1 is 1.21 bits per heavy atom. The highest BCUT2D eigenvalue weighted by atomic mass is 17.0. The molecule has 1 aliphatic rings. The molecule has 0 amide bonds. The van der Waals surface area contributed by atoms with E-state index in [-0.39, 0.29) is 17.0 Å². The highest BCUT2D eigenvalue weighted by Crippen LogP contribution is 2.39. The van der Waals surface area contributed by atoms with Crippen molar-refractivity contribution in [2.75, 3.05) is 13.2 Å². The molecule has 0 radical (unpaired) electrons. The Morgan fingerprint density at radius 3 is 2.32 bits per heavy atom. The minimum atomic E-state index is -1.08. The third-order valence-corrected chi connectivity index (χ3v) is 2.57. The van der Waals surface area contributed by atoms with E-state index in [1.165, 1.54) is 19.1 Å². The second kappa shape index (κ2) is 4.96. The summed E-state index contributed by atoms with van der Waals surface area (Å²) in [6, 6.07) is 2.52. The first kappa shape index (κ1) is 12.9. The van der Waals surface area contributed by atoms with Gasteiger partial charge in [-0.05, 0) is 13.0 Å². The second-order valence-corrected chi connectivity index (χ2v) is 3.78. The predicted octanol–water partition coefficient (Wildman–Crippen LogP) is 1.64. The van der Waals surface area contributed by atoms with Crippen molar-refractivity contribution in [1.82, 2.24) is 0 Å². The number of nitrogens with zero attached hydrogens (tertiary/aromatic N) is 2. The minimum absolute atomic E-state index is 0.0611. The summed E-state index contributed by atoms with van der Waals surface area (Å²) in [5, 5.41) is 20.3. The molecule has 1 unspecified atom stereocenters. The molecule has 2 rings (SSSR count). The summed E-state index contributed by atoms with van der Waals surface area (Å²) in [5.74, 6) is 0.556. The third-order valence-electron chi connectivity index (χ3n) is 2.57. The lowest BCUT2D eigenvalue weighted by Crippen LogP contribution is -2.17. The van der Waals surface area contributed by atoms with Crippen LogP contribution in [-0.4, -0.2) is 23.2 Å². The van der Waals surface area contributed by atoms with Crippen LogP contribution in [-0.2, 0) is 4.84 Å². The summed E-state index contributed by atoms with van der Waals surface area (Å²) >= 11 is 0. The summed E-state index contributed by atoms with van der Waals surface area (Å²) < 4.78 is 10.5. The molecule has 9 nitrogen and oxygen atoms in total. The van der Waals surface area contributed by atoms with Gasteiger partial charge in [-0.2, -0.15) is 0 Å². The first-order valence-electron chi connectivity index (χ1n) is 5.38. The van der Waals surface area contributed by atoms with Crippen LogP contribution in [0.15, 0.2) is 12.1 Å². The van der Waals surface area contributed by atoms with Crippen LogP contribution in [0, 0.1) is 20.2 Å². The fourth-order valence-electron chi connectivity index (χ4n) is 1.76. The molecule has 0 aliphatic carbocycles. The van der Waals surface area contributed by atoms with E-state index >= 15 is 0 Å². The van der Waals surface area contributed by atoms with Crippen molar-refractivity contribution in [3.05, 3.63) is 37.9 Å². The Morgan fingerprint density at radius 2 is 1.79 bits per heavy atom. The number of rotatable bonds is 4. The van der Waals surface area contributed by atoms with Gasteiger partial charge in [0.25, 0.3) is 10.8 Å². The van der Waals surface area contributed by atoms with Gasteiger partial charge in [0.1, 0.15) is 19.3 Å². The van der Waals surface area contributed by atoms with Gasteiger partial charge < -0.3 is 14.3 Å². The highest BCUT2D eigenvalue weighted by molar-refractivity contribution is 5.55. The van der Waals surface area contributed by atoms with Crippen molar-refractivity contribution in [1.29, 1.82) is 0 Å². The molecule has 1 aromatic carbocycles. The fourth-order valence-corrected chi connectivity index (χ4v) is 1.76. The Balaban J connectivity index is 2.45. The van der Waals surface area contributed by atoms with Crippen LogP contribution in [0.1, 0.15) is 18.6 Å². The molecule has 1 aromatic rings. The zero-order valence-electron chi connectivity index (χ0n) is 9.90. The van der Waals surface area contributed by atoms with E-state index in [0.29, 0.717) is 19.0 Å². The van der Waals surface area contributed by atoms with Crippen LogP contribution >= 0.6 is 0 Å². The number of fused-ring (bicyclic) bond motifs is 1. The molecule has 1 atom stereocenters. The molecular formula is C10H10N2O7. The van der Waals surface area contributed by atoms with Crippen LogP contribution in [0.5, 0.6) is 11.5 Å². The first-order chi connectivity index (χ1) is 8.99. The van der Waals surface area contributed by atoms with E-state index in [2.05, 4.69) is 4.84 Å². The quantitative estimate of drug-likeness (QED) is 0.603. The van der Waals surface area contributed by atoms with Gasteiger partial charge in [0.15, 0.2) is 11.5 Å². The van der Waals surface area contributed by atoms with Gasteiger partial charge in [0, 0.05) is 0 Å². The average molecular weight is 270 g/mol. The first-order valence-corrected chi connectivity index (χ1v) is 5.38. The van der Waals surface area contributed by atoms with E-state index < -0.39 is 16.1 Å². The summed E-state index contributed by atoms with van der Waals surface area (Å²) in [5.41, 5.74) is -0.246. The molecule has 0 spiro atoms. The number of hydrogen-bond acceptors (Lipinski definition) is 7. The van der Waals surface area contributed by atoms with Crippen molar-refractivity contribution < 1.29 is 24.3 Å². The zero-order chi connectivity index (χ0) is 14.0. The van der Waals surface area contributed by atoms with Crippen molar-refractivity contribution in [3.63, 3.8) is 0 Å². The van der Waals surface area contributed by atoms with Crippen molar-refractivity contribution >= 4 is 5.69 Å². The maximum atomic E-state index is 11.0. The van der Waals surface area contributed by atoms with Crippen molar-refractivity contribution in [3.8, 4) is 11.5 Å². The lowest BCUT2D eigenvalue weighted by atomic mass is 10.1. The van der Waals surface area contributed by atoms with Gasteiger partial charge in [-0.3, -0.25) is 10.1 Å². The summed E-state index contributed by atoms with van der Waals surface area (Å²) in [6.45, 7) is 1.96. The van der Waals surface area contributed by atoms with Gasteiger partial charge in [-0.15, -0.1) is 10.1 Å². The SMILES string of the molecule is CC(O[N+](=O)[O-])c1cc2c(cc1[N+](=O)[O-])OCCO2. The van der Waals surface area contributed by atoms with Crippen molar-refractivity contribution in [2.24, 2.45) is 0 Å². The van der Waals surface area contributed by atoms with Crippen LogP contribution in [0.4, 0.5) is 5.69 Å². The summed E-state index contributed by atoms with van der Waals surface area (Å²) in [7, 11) is 0. The van der Waals surface area contributed by atoms with Crippen LogP contribution in [0.2, 0.25) is 0 Å². The lowest BCUT2D eigenvalue weighted by Gasteiger charge is -2.20. The van der Waals surface area contributed by atoms with E-state index in [1.54, 1.807) is 0 Å². The van der Waals surface area contributed by atoms with Gasteiger partial charge in [0.05, 0.1) is 16.6 Å². The van der Waals surface area contributed by atoms with Crippen LogP contribution in [0.25, 0.3) is 0 Å². The highest BCUT2D eigenvalue weighted by Gasteiger charge is 2.26. The Hall–Kier alpha value is -2.58. The number of benzene rings is 1. The Bertz CT molecular complexity index is 531. The molecular weight excluding hydrogens is 260 g/mol. The summed E-state index contributed by atoms with van der Waals surface area (Å²) in [6.07, 6.45) is -1.08. The molecule has 9 heteroatoms. The smallest absolute Gasteiger partial charge is 0.295 e. The molecule has 0 saturated heterocycles. The molecule has 1 heterocycles. The van der Waals surface area contributed by atoms with E-state index in [1.807, 2.05) is 0 Å². The minimum Gasteiger partial charge on any atom is -0.486 e. The molecule has 0 bridgehead atoms. The maximum absolute atomic E-state index is 11.0. The molecule has 0 N–H and O–H groups in total. The van der Waals surface area contributed by atoms with Gasteiger partial charge in [0.2, 0.25) is 0 Å². The maximum Gasteiger partial charge on any atom is 0.295 e. The zero-order valence-corrected chi connectivity index (χ0v) is 9.90. The number of hydrogen-bond donors (Lipinski definition) is 0. The molecule has 0 fully saturated rings. The second-order valence-electron chi connectivity index (χ2n) is 3.78. The molecule has 0 saturated carbocycles. The predicted molar refractivity (Wildman–Crippen MR) is 60.6 cm³/mol. The largest absolute Gasteiger partial charge is 0.486 e. The normalized spacial score (nSPS) is 14.6. The van der Waals surface area contributed by atoms with E-state index in [4.69, 9.17) is 9.47 Å². The van der Waals surface area contributed by atoms with Crippen molar-refractivity contribution in [2.45, 2.75) is 13.0 Å². The van der Waals surface area contributed by atoms with E-state index in [0.717, 1.165) is 0 Å². The van der Waals surface area contributed by atoms with E-state index in [9.17, 15) is 20.2 Å². The number of ether oxygens (including phenoxy) is 2.